The molecule has 0 aliphatic carbocycles. The summed E-state index contributed by atoms with van der Waals surface area (Å²) in [6.07, 6.45) is 4.84. The first kappa shape index (κ1) is 23.0. The van der Waals surface area contributed by atoms with Gasteiger partial charge in [-0.25, -0.2) is 4.98 Å². The molecule has 1 aliphatic rings. The third-order valence-corrected chi connectivity index (χ3v) is 6.52. The Morgan fingerprint density at radius 1 is 1.03 bits per heavy atom. The van der Waals surface area contributed by atoms with Crippen LogP contribution in [0.5, 0.6) is 0 Å². The molecular weight excluding hydrogens is 442 g/mol. The van der Waals surface area contributed by atoms with Crippen molar-refractivity contribution in [3.8, 4) is 17.0 Å². The van der Waals surface area contributed by atoms with E-state index in [-0.39, 0.29) is 17.9 Å². The standard InChI is InChI=1S/C27H29N5O3/c1-18-13-14-20(25-30-24(27(2,3)34)23(35-25)19-9-5-4-6-10-19)17-31(18)26(33)21-11-7-8-12-22(21)32-28-15-16-29-32/h4-12,15-16,18,20,34H,13-14,17H2,1-3H3/t18-,20-/m1/s1. The molecule has 180 valence electrons. The predicted molar refractivity (Wildman–Crippen MR) is 131 cm³/mol. The summed E-state index contributed by atoms with van der Waals surface area (Å²) in [4.78, 5) is 21.8. The Bertz CT molecular complexity index is 1310. The maximum atomic E-state index is 13.7. The minimum Gasteiger partial charge on any atom is -0.440 e. The van der Waals surface area contributed by atoms with E-state index in [0.29, 0.717) is 35.1 Å². The van der Waals surface area contributed by atoms with E-state index >= 15 is 0 Å². The molecule has 2 atom stereocenters. The number of aliphatic hydroxyl groups is 1. The van der Waals surface area contributed by atoms with Gasteiger partial charge in [-0.1, -0.05) is 42.5 Å². The quantitative estimate of drug-likeness (QED) is 0.458. The number of oxazole rings is 1. The Hall–Kier alpha value is -3.78. The van der Waals surface area contributed by atoms with Gasteiger partial charge >= 0.3 is 0 Å². The lowest BCUT2D eigenvalue weighted by Crippen LogP contribution is -2.45. The van der Waals surface area contributed by atoms with Gasteiger partial charge in [-0.15, -0.1) is 0 Å². The summed E-state index contributed by atoms with van der Waals surface area (Å²) in [6, 6.07) is 17.1. The molecule has 0 unspecified atom stereocenters. The van der Waals surface area contributed by atoms with Crippen molar-refractivity contribution in [2.24, 2.45) is 0 Å². The molecule has 0 bridgehead atoms. The summed E-state index contributed by atoms with van der Waals surface area (Å²) in [5, 5.41) is 19.2. The van der Waals surface area contributed by atoms with Crippen LogP contribution in [0, 0.1) is 0 Å². The van der Waals surface area contributed by atoms with E-state index in [0.717, 1.165) is 18.4 Å². The SMILES string of the molecule is C[C@@H]1CC[C@@H](c2nc(C(C)(C)O)c(-c3ccccc3)o2)CN1C(=O)c1ccccc1-n1nccn1. The molecular formula is C27H29N5O3. The number of carbonyl (C=O) groups excluding carboxylic acids is 1. The number of para-hydroxylation sites is 1. The highest BCUT2D eigenvalue weighted by atomic mass is 16.4. The van der Waals surface area contributed by atoms with E-state index in [2.05, 4.69) is 17.1 Å². The minimum absolute atomic E-state index is 0.0645. The van der Waals surface area contributed by atoms with Crippen LogP contribution in [0.15, 0.2) is 71.4 Å². The van der Waals surface area contributed by atoms with E-state index in [4.69, 9.17) is 9.40 Å². The molecule has 5 rings (SSSR count). The topological polar surface area (TPSA) is 97.3 Å². The largest absolute Gasteiger partial charge is 0.440 e. The van der Waals surface area contributed by atoms with Crippen molar-refractivity contribution in [2.75, 3.05) is 6.54 Å². The first-order chi connectivity index (χ1) is 16.8. The van der Waals surface area contributed by atoms with Crippen molar-refractivity contribution in [1.29, 1.82) is 0 Å². The third kappa shape index (κ3) is 4.49. The number of rotatable bonds is 5. The van der Waals surface area contributed by atoms with Crippen LogP contribution in [0.1, 0.15) is 61.5 Å². The van der Waals surface area contributed by atoms with Gasteiger partial charge in [-0.05, 0) is 45.7 Å². The molecule has 1 N–H and O–H groups in total. The highest BCUT2D eigenvalue weighted by Gasteiger charge is 2.36. The first-order valence-electron chi connectivity index (χ1n) is 11.9. The Balaban J connectivity index is 1.47. The van der Waals surface area contributed by atoms with E-state index in [1.165, 1.54) is 4.80 Å². The summed E-state index contributed by atoms with van der Waals surface area (Å²) in [6.45, 7) is 5.96. The molecule has 3 heterocycles. The molecule has 1 fully saturated rings. The average molecular weight is 472 g/mol. The van der Waals surface area contributed by atoms with Crippen LogP contribution in [-0.4, -0.2) is 48.5 Å². The van der Waals surface area contributed by atoms with Crippen LogP contribution in [0.2, 0.25) is 0 Å². The van der Waals surface area contributed by atoms with E-state index in [9.17, 15) is 9.90 Å². The van der Waals surface area contributed by atoms with Crippen LogP contribution in [0.25, 0.3) is 17.0 Å². The molecule has 1 saturated heterocycles. The molecule has 1 amide bonds. The predicted octanol–water partition coefficient (Wildman–Crippen LogP) is 4.56. The summed E-state index contributed by atoms with van der Waals surface area (Å²) < 4.78 is 6.29. The number of hydrogen-bond acceptors (Lipinski definition) is 6. The summed E-state index contributed by atoms with van der Waals surface area (Å²) >= 11 is 0. The Morgan fingerprint density at radius 3 is 2.43 bits per heavy atom. The van der Waals surface area contributed by atoms with Gasteiger partial charge in [0.25, 0.3) is 5.91 Å². The Labute approximate surface area is 204 Å². The van der Waals surface area contributed by atoms with Crippen molar-refractivity contribution in [1.82, 2.24) is 24.9 Å². The van der Waals surface area contributed by atoms with Gasteiger partial charge in [0.05, 0.1) is 29.6 Å². The second-order valence-corrected chi connectivity index (χ2v) is 9.57. The fraction of sp³-hybridized carbons (Fsp3) is 0.333. The number of likely N-dealkylation sites (tertiary alicyclic amines) is 1. The van der Waals surface area contributed by atoms with Gasteiger partial charge in [-0.2, -0.15) is 15.0 Å². The normalized spacial score (nSPS) is 18.6. The van der Waals surface area contributed by atoms with Crippen LogP contribution < -0.4 is 0 Å². The lowest BCUT2D eigenvalue weighted by atomic mass is 9.92. The zero-order chi connectivity index (χ0) is 24.6. The number of nitrogens with zero attached hydrogens (tertiary/aromatic N) is 5. The zero-order valence-electron chi connectivity index (χ0n) is 20.1. The molecule has 2 aromatic heterocycles. The van der Waals surface area contributed by atoms with Gasteiger partial charge in [0.1, 0.15) is 11.3 Å². The fourth-order valence-electron chi connectivity index (χ4n) is 4.63. The molecule has 0 radical (unpaired) electrons. The smallest absolute Gasteiger partial charge is 0.256 e. The number of piperidine rings is 1. The van der Waals surface area contributed by atoms with Crippen molar-refractivity contribution in [2.45, 2.75) is 51.2 Å². The summed E-state index contributed by atoms with van der Waals surface area (Å²) in [5.74, 6) is 0.962. The van der Waals surface area contributed by atoms with Crippen LogP contribution in [-0.2, 0) is 5.60 Å². The first-order valence-corrected chi connectivity index (χ1v) is 11.9. The molecule has 1 aliphatic heterocycles. The van der Waals surface area contributed by atoms with Gasteiger partial charge in [0.15, 0.2) is 11.7 Å². The lowest BCUT2D eigenvalue weighted by molar-refractivity contribution is 0.0594. The highest BCUT2D eigenvalue weighted by Crippen LogP contribution is 2.37. The maximum absolute atomic E-state index is 13.7. The fourth-order valence-corrected chi connectivity index (χ4v) is 4.63. The second-order valence-electron chi connectivity index (χ2n) is 9.57. The van der Waals surface area contributed by atoms with E-state index in [1.54, 1.807) is 26.2 Å². The van der Waals surface area contributed by atoms with E-state index in [1.807, 2.05) is 59.5 Å². The lowest BCUT2D eigenvalue weighted by Gasteiger charge is -2.37. The molecule has 2 aromatic carbocycles. The van der Waals surface area contributed by atoms with Crippen LogP contribution >= 0.6 is 0 Å². The van der Waals surface area contributed by atoms with Crippen LogP contribution in [0.3, 0.4) is 0 Å². The second kappa shape index (κ2) is 9.11. The molecule has 8 nitrogen and oxygen atoms in total. The Morgan fingerprint density at radius 2 is 1.71 bits per heavy atom. The summed E-state index contributed by atoms with van der Waals surface area (Å²) in [5.41, 5.74) is 1.39. The monoisotopic (exact) mass is 471 g/mol. The van der Waals surface area contributed by atoms with Gasteiger partial charge in [-0.3, -0.25) is 4.79 Å². The number of carbonyl (C=O) groups is 1. The average Bonchev–Trinajstić information content (AvgIpc) is 3.55. The van der Waals surface area contributed by atoms with Gasteiger partial charge in [0, 0.05) is 18.2 Å². The minimum atomic E-state index is -1.17. The van der Waals surface area contributed by atoms with Crippen molar-refractivity contribution in [3.05, 3.63) is 84.1 Å². The number of aromatic nitrogens is 4. The van der Waals surface area contributed by atoms with Gasteiger partial charge in [0.2, 0.25) is 0 Å². The third-order valence-electron chi connectivity index (χ3n) is 6.52. The number of hydrogen-bond donors (Lipinski definition) is 1. The van der Waals surface area contributed by atoms with E-state index < -0.39 is 5.60 Å². The molecule has 0 spiro atoms. The summed E-state index contributed by atoms with van der Waals surface area (Å²) in [7, 11) is 0. The highest BCUT2D eigenvalue weighted by molar-refractivity contribution is 5.98. The van der Waals surface area contributed by atoms with Gasteiger partial charge < -0.3 is 14.4 Å². The molecule has 35 heavy (non-hydrogen) atoms. The molecule has 8 heteroatoms. The zero-order valence-corrected chi connectivity index (χ0v) is 20.1. The number of benzene rings is 2. The van der Waals surface area contributed by atoms with Crippen molar-refractivity contribution >= 4 is 5.91 Å². The number of amides is 1. The van der Waals surface area contributed by atoms with Crippen molar-refractivity contribution in [3.63, 3.8) is 0 Å². The maximum Gasteiger partial charge on any atom is 0.256 e. The molecule has 4 aromatic rings. The Kier molecular flexibility index (Phi) is 5.98. The van der Waals surface area contributed by atoms with Crippen LogP contribution in [0.4, 0.5) is 0 Å². The van der Waals surface area contributed by atoms with Crippen molar-refractivity contribution < 1.29 is 14.3 Å². The molecule has 0 saturated carbocycles.